The number of rotatable bonds is 14. The molecule has 4 heterocycles. The largest absolute Gasteiger partial charge is 0.311 e. The van der Waals surface area contributed by atoms with Crippen molar-refractivity contribution in [1.82, 2.24) is 0 Å². The second-order valence-electron chi connectivity index (χ2n) is 34.8. The number of nitrogens with zero attached hydrogens (tertiary/aromatic N) is 5. The molecule has 0 N–H and O–H groups in total. The van der Waals surface area contributed by atoms with Gasteiger partial charge in [-0.05, 0) is 328 Å². The molecule has 18 aromatic carbocycles. The monoisotopic (exact) mass is 1600 g/mol. The lowest BCUT2D eigenvalue weighted by Crippen LogP contribution is -2.65. The fraction of sp³-hybridized carbons (Fsp3) is 0.0847. The fourth-order valence-electron chi connectivity index (χ4n) is 21.7. The highest BCUT2D eigenvalue weighted by atomic mass is 15.2. The second kappa shape index (κ2) is 30.6. The first-order valence-electron chi connectivity index (χ1n) is 43.9. The van der Waals surface area contributed by atoms with Gasteiger partial charge in [-0.15, -0.1) is 0 Å². The average molecular weight is 1600 g/mol. The summed E-state index contributed by atoms with van der Waals surface area (Å²) in [7, 11) is 0. The minimum Gasteiger partial charge on any atom is -0.311 e. The summed E-state index contributed by atoms with van der Waals surface area (Å²) < 4.78 is 0. The Morgan fingerprint density at radius 2 is 0.496 bits per heavy atom. The maximum atomic E-state index is 2.73. The molecule has 0 atom stereocenters. The highest BCUT2D eigenvalue weighted by molar-refractivity contribution is 7.03. The Hall–Kier alpha value is -14.9. The van der Waals surface area contributed by atoms with Crippen molar-refractivity contribution < 1.29 is 0 Å². The van der Waals surface area contributed by atoms with E-state index < -0.39 is 0 Å². The topological polar surface area (TPSA) is 16.2 Å². The Morgan fingerprint density at radius 3 is 0.936 bits per heavy atom. The van der Waals surface area contributed by atoms with E-state index in [0.717, 1.165) is 113 Å². The summed E-state index contributed by atoms with van der Waals surface area (Å²) in [4.78, 5) is 13.1. The summed E-state index contributed by atoms with van der Waals surface area (Å²) in [6.07, 6.45) is 0. The Bertz CT molecular complexity index is 7090. The van der Waals surface area contributed by atoms with E-state index in [9.17, 15) is 0 Å². The molecular formula is C118H93B2N5. The van der Waals surface area contributed by atoms with Crippen LogP contribution in [0.15, 0.2) is 382 Å². The van der Waals surface area contributed by atoms with Crippen LogP contribution in [0.4, 0.5) is 85.3 Å². The first kappa shape index (κ1) is 76.2. The van der Waals surface area contributed by atoms with Gasteiger partial charge in [0.05, 0.1) is 11.4 Å². The Labute approximate surface area is 735 Å². The normalized spacial score (nSPS) is 12.6. The molecule has 125 heavy (non-hydrogen) atoms. The molecule has 0 saturated heterocycles. The van der Waals surface area contributed by atoms with E-state index in [4.69, 9.17) is 0 Å². The summed E-state index contributed by atoms with van der Waals surface area (Å²) in [5.74, 6) is 0. The lowest BCUT2D eigenvalue weighted by atomic mass is 9.30. The summed E-state index contributed by atoms with van der Waals surface area (Å²) in [6.45, 7) is 22.0. The van der Waals surface area contributed by atoms with Crippen molar-refractivity contribution in [3.05, 3.63) is 438 Å². The second-order valence-corrected chi connectivity index (χ2v) is 34.8. The number of fused-ring (bicyclic) bond motifs is 8. The van der Waals surface area contributed by atoms with E-state index in [-0.39, 0.29) is 13.4 Å². The molecule has 596 valence electrons. The number of aryl methyl sites for hydroxylation is 10. The molecule has 0 fully saturated rings. The van der Waals surface area contributed by atoms with Gasteiger partial charge in [-0.2, -0.15) is 0 Å². The van der Waals surface area contributed by atoms with Crippen LogP contribution in [0.3, 0.4) is 0 Å². The molecule has 0 bridgehead atoms. The molecule has 0 aliphatic carbocycles. The predicted octanol–water partition coefficient (Wildman–Crippen LogP) is 28.1. The third-order valence-corrected chi connectivity index (χ3v) is 27.1. The number of hydrogen-bond donors (Lipinski definition) is 0. The van der Waals surface area contributed by atoms with Gasteiger partial charge in [-0.25, -0.2) is 0 Å². The van der Waals surface area contributed by atoms with E-state index in [1.165, 1.54) is 138 Å². The molecule has 18 aromatic rings. The van der Waals surface area contributed by atoms with Crippen LogP contribution in [-0.4, -0.2) is 13.4 Å². The highest BCUT2D eigenvalue weighted by Gasteiger charge is 2.50. The van der Waals surface area contributed by atoms with Gasteiger partial charge in [0.2, 0.25) is 0 Å². The maximum Gasteiger partial charge on any atom is 0.252 e. The molecule has 0 aromatic heterocycles. The molecule has 0 unspecified atom stereocenters. The van der Waals surface area contributed by atoms with Gasteiger partial charge in [-0.3, -0.25) is 0 Å². The molecule has 4 aliphatic heterocycles. The fourth-order valence-corrected chi connectivity index (χ4v) is 21.7. The molecule has 5 nitrogen and oxygen atoms in total. The number of hydrogen-bond acceptors (Lipinski definition) is 5. The van der Waals surface area contributed by atoms with Crippen LogP contribution in [-0.2, 0) is 0 Å². The number of anilines is 15. The van der Waals surface area contributed by atoms with Crippen molar-refractivity contribution in [3.63, 3.8) is 0 Å². The van der Waals surface area contributed by atoms with E-state index in [1.54, 1.807) is 0 Å². The SMILES string of the molecule is Cc1cccc(C)c1-c1ccc(N(c2ccc(-c3c(C)cccc3C)cc2)c2cc3c4c(c2)N(c2c(-c5ccccc5)cccc2-c2ccccc2)c2cc5c(cc2B4c2ccccc2N3c2ccccc2)B2c3cc(-c4c(C)cccc4C)ccc3N(c3ccc(-c4c(C)cccc4C)cc3)c3cc(-c4c(C)cccc4C)cc(c32)N5c2ccccc2)cc1. The van der Waals surface area contributed by atoms with Crippen molar-refractivity contribution >= 4 is 132 Å². The van der Waals surface area contributed by atoms with Gasteiger partial charge in [0, 0.05) is 85.1 Å². The van der Waals surface area contributed by atoms with E-state index in [1.807, 2.05) is 0 Å². The third-order valence-electron chi connectivity index (χ3n) is 27.1. The zero-order valence-corrected chi connectivity index (χ0v) is 72.3. The van der Waals surface area contributed by atoms with E-state index >= 15 is 0 Å². The van der Waals surface area contributed by atoms with Crippen molar-refractivity contribution in [2.45, 2.75) is 69.2 Å². The van der Waals surface area contributed by atoms with Gasteiger partial charge in [0.1, 0.15) is 0 Å². The van der Waals surface area contributed by atoms with Crippen LogP contribution in [0.2, 0.25) is 0 Å². The average Bonchev–Trinajstić information content (AvgIpc) is 0.679. The summed E-state index contributed by atoms with van der Waals surface area (Å²) in [5, 5.41) is 0. The van der Waals surface area contributed by atoms with Crippen molar-refractivity contribution in [2.24, 2.45) is 0 Å². The van der Waals surface area contributed by atoms with Crippen LogP contribution >= 0.6 is 0 Å². The van der Waals surface area contributed by atoms with Crippen molar-refractivity contribution in [1.29, 1.82) is 0 Å². The van der Waals surface area contributed by atoms with Gasteiger partial charge < -0.3 is 24.5 Å². The van der Waals surface area contributed by atoms with Crippen LogP contribution in [0.5, 0.6) is 0 Å². The van der Waals surface area contributed by atoms with Crippen LogP contribution in [0.1, 0.15) is 55.6 Å². The van der Waals surface area contributed by atoms with Crippen LogP contribution < -0.4 is 57.3 Å². The smallest absolute Gasteiger partial charge is 0.252 e. The molecule has 0 spiro atoms. The minimum absolute atomic E-state index is 0.291. The number of para-hydroxylation sites is 4. The van der Waals surface area contributed by atoms with Crippen molar-refractivity contribution in [2.75, 3.05) is 24.5 Å². The Morgan fingerprint density at radius 1 is 0.184 bits per heavy atom. The first-order valence-corrected chi connectivity index (χ1v) is 43.9. The van der Waals surface area contributed by atoms with Gasteiger partial charge in [0.15, 0.2) is 0 Å². The van der Waals surface area contributed by atoms with Gasteiger partial charge in [0.25, 0.3) is 13.4 Å². The summed E-state index contributed by atoms with van der Waals surface area (Å²) >= 11 is 0. The summed E-state index contributed by atoms with van der Waals surface area (Å²) in [6, 6.07) is 146. The lowest BCUT2D eigenvalue weighted by molar-refractivity contribution is 1.22. The molecular weight excluding hydrogens is 1510 g/mol. The van der Waals surface area contributed by atoms with Gasteiger partial charge in [-0.1, -0.05) is 279 Å². The van der Waals surface area contributed by atoms with Crippen LogP contribution in [0, 0.1) is 69.2 Å². The molecule has 0 amide bonds. The molecule has 22 rings (SSSR count). The molecule has 4 aliphatic rings. The first-order chi connectivity index (χ1) is 61.2. The zero-order chi connectivity index (χ0) is 84.6. The lowest BCUT2D eigenvalue weighted by Gasteiger charge is -2.48. The van der Waals surface area contributed by atoms with Gasteiger partial charge >= 0.3 is 0 Å². The standard InChI is InChI=1S/C118H93B2N5/c1-74-31-25-32-75(2)111(74)86-53-60-93(61-54-86)121(94-62-55-87(56-63-94)112-76(3)33-26-34-77(112)4)96-70-109-117-110(71-96)125(118-97(84-41-15-11-16-42-84)49-30-50-98(118)85-43-17-12-18-44-85)106-73-105-101(72-102(106)119(117)99-51-23-24-52-103(99)122(109)91-45-19-13-20-46-91)120-100-67-89(114-80(7)37-28-38-81(114)8)59-66-104(100)123(95-64-57-88(58-65-95)113-78(5)35-27-36-79(113)6)107-68-90(115-82(9)39-29-40-83(115)10)69-108(116(107)120)124(105)92-47-21-14-22-48-92/h11-73H,1-10H3. The molecule has 7 heteroatoms. The summed E-state index contributed by atoms with van der Waals surface area (Å²) in [5.41, 5.74) is 52.9. The molecule has 0 radical (unpaired) electrons. The maximum absolute atomic E-state index is 2.73. The minimum atomic E-state index is -0.305. The predicted molar refractivity (Wildman–Crippen MR) is 535 cm³/mol. The van der Waals surface area contributed by atoms with Crippen molar-refractivity contribution in [3.8, 4) is 77.9 Å². The highest BCUT2D eigenvalue weighted by Crippen LogP contribution is 2.56. The Kier molecular flexibility index (Phi) is 18.7. The molecule has 0 saturated carbocycles. The number of benzene rings is 18. The van der Waals surface area contributed by atoms with E-state index in [2.05, 4.69) is 476 Å². The Balaban J connectivity index is 0.884. The van der Waals surface area contributed by atoms with Crippen LogP contribution in [0.25, 0.3) is 77.9 Å². The third kappa shape index (κ3) is 12.6. The van der Waals surface area contributed by atoms with E-state index in [0.29, 0.717) is 0 Å². The zero-order valence-electron chi connectivity index (χ0n) is 72.3. The quantitative estimate of drug-likeness (QED) is 0.101.